The van der Waals surface area contributed by atoms with Crippen LogP contribution >= 0.6 is 0 Å². The van der Waals surface area contributed by atoms with Crippen LogP contribution in [-0.4, -0.2) is 28.4 Å². The predicted molar refractivity (Wildman–Crippen MR) is 81.9 cm³/mol. The van der Waals surface area contributed by atoms with E-state index in [4.69, 9.17) is 4.84 Å². The standard InChI is InChI=1S/C17H29NO2/c1-8-9-12(19)13-14(15(2,3)4)20-18-11-16(5,6)10-17(13,18)7/h8,12,19H,1,9-11H2,2-7H3. The lowest BCUT2D eigenvalue weighted by Crippen LogP contribution is -2.40. The van der Waals surface area contributed by atoms with E-state index < -0.39 is 6.10 Å². The monoisotopic (exact) mass is 279 g/mol. The van der Waals surface area contributed by atoms with Crippen LogP contribution in [0.15, 0.2) is 24.0 Å². The highest BCUT2D eigenvalue weighted by molar-refractivity contribution is 5.35. The van der Waals surface area contributed by atoms with Crippen LogP contribution in [0.1, 0.15) is 54.4 Å². The molecule has 2 rings (SSSR count). The van der Waals surface area contributed by atoms with E-state index in [1.807, 2.05) is 0 Å². The second-order valence-electron chi connectivity index (χ2n) is 8.28. The fourth-order valence-corrected chi connectivity index (χ4v) is 3.73. The van der Waals surface area contributed by atoms with Crippen molar-refractivity contribution < 1.29 is 9.94 Å². The van der Waals surface area contributed by atoms with E-state index in [9.17, 15) is 5.11 Å². The number of aliphatic hydroxyl groups excluding tert-OH is 1. The summed E-state index contributed by atoms with van der Waals surface area (Å²) in [6, 6.07) is 0. The van der Waals surface area contributed by atoms with Crippen molar-refractivity contribution in [2.24, 2.45) is 10.8 Å². The zero-order chi connectivity index (χ0) is 15.3. The van der Waals surface area contributed by atoms with Crippen molar-refractivity contribution in [1.82, 2.24) is 5.06 Å². The van der Waals surface area contributed by atoms with Gasteiger partial charge in [0.05, 0.1) is 11.6 Å². The van der Waals surface area contributed by atoms with Gasteiger partial charge in [-0.25, -0.2) is 0 Å². The first-order valence-electron chi connectivity index (χ1n) is 7.51. The first-order chi connectivity index (χ1) is 9.01. The third-order valence-electron chi connectivity index (χ3n) is 4.38. The van der Waals surface area contributed by atoms with Crippen LogP contribution in [0.3, 0.4) is 0 Å². The summed E-state index contributed by atoms with van der Waals surface area (Å²) in [4.78, 5) is 6.19. The van der Waals surface area contributed by atoms with Crippen LogP contribution in [0.25, 0.3) is 0 Å². The van der Waals surface area contributed by atoms with Crippen LogP contribution in [0.5, 0.6) is 0 Å². The van der Waals surface area contributed by atoms with Gasteiger partial charge in [0.15, 0.2) is 0 Å². The minimum Gasteiger partial charge on any atom is -0.409 e. The minimum atomic E-state index is -0.509. The molecule has 0 amide bonds. The molecule has 114 valence electrons. The molecule has 2 atom stereocenters. The van der Waals surface area contributed by atoms with Crippen LogP contribution in [-0.2, 0) is 4.84 Å². The maximum Gasteiger partial charge on any atom is 0.133 e. The van der Waals surface area contributed by atoms with Gasteiger partial charge in [-0.1, -0.05) is 40.7 Å². The van der Waals surface area contributed by atoms with Gasteiger partial charge < -0.3 is 9.94 Å². The highest BCUT2D eigenvalue weighted by atomic mass is 16.7. The summed E-state index contributed by atoms with van der Waals surface area (Å²) in [6.45, 7) is 17.8. The maximum atomic E-state index is 10.6. The predicted octanol–water partition coefficient (Wildman–Crippen LogP) is 3.66. The van der Waals surface area contributed by atoms with E-state index in [2.05, 4.69) is 53.2 Å². The fraction of sp³-hybridized carbons (Fsp3) is 0.765. The number of hydroxylamine groups is 2. The van der Waals surface area contributed by atoms with Gasteiger partial charge in [0.25, 0.3) is 0 Å². The van der Waals surface area contributed by atoms with Crippen molar-refractivity contribution in [1.29, 1.82) is 0 Å². The van der Waals surface area contributed by atoms with E-state index in [0.717, 1.165) is 24.3 Å². The van der Waals surface area contributed by atoms with Gasteiger partial charge in [0.2, 0.25) is 0 Å². The number of hydrogen-bond acceptors (Lipinski definition) is 3. The molecule has 20 heavy (non-hydrogen) atoms. The number of hydrogen-bond donors (Lipinski definition) is 1. The SMILES string of the molecule is C=CCC(O)C1=C(C(C)(C)C)ON2CC(C)(C)CC12C. The normalized spacial score (nSPS) is 31.1. The van der Waals surface area contributed by atoms with E-state index in [-0.39, 0.29) is 16.4 Å². The molecule has 2 unspecified atom stereocenters. The quantitative estimate of drug-likeness (QED) is 0.800. The van der Waals surface area contributed by atoms with E-state index in [1.54, 1.807) is 6.08 Å². The highest BCUT2D eigenvalue weighted by Crippen LogP contribution is 2.54. The summed E-state index contributed by atoms with van der Waals surface area (Å²) in [5, 5.41) is 12.7. The van der Waals surface area contributed by atoms with Crippen LogP contribution in [0, 0.1) is 10.8 Å². The molecular weight excluding hydrogens is 250 g/mol. The summed E-state index contributed by atoms with van der Waals surface area (Å²) in [5.74, 6) is 0.935. The lowest BCUT2D eigenvalue weighted by atomic mass is 9.75. The Morgan fingerprint density at radius 1 is 1.40 bits per heavy atom. The topological polar surface area (TPSA) is 32.7 Å². The van der Waals surface area contributed by atoms with E-state index in [0.29, 0.717) is 6.42 Å². The summed E-state index contributed by atoms with van der Waals surface area (Å²) in [6.07, 6.45) is 2.85. The van der Waals surface area contributed by atoms with Crippen molar-refractivity contribution in [3.05, 3.63) is 24.0 Å². The molecule has 2 heterocycles. The second kappa shape index (κ2) is 4.60. The Kier molecular flexibility index (Phi) is 3.59. The number of fused-ring (bicyclic) bond motifs is 1. The van der Waals surface area contributed by atoms with Crippen LogP contribution in [0.2, 0.25) is 0 Å². The average Bonchev–Trinajstić information content (AvgIpc) is 2.61. The number of nitrogens with zero attached hydrogens (tertiary/aromatic N) is 1. The molecule has 1 fully saturated rings. The van der Waals surface area contributed by atoms with Gasteiger partial charge in [-0.3, -0.25) is 0 Å². The average molecular weight is 279 g/mol. The zero-order valence-corrected chi connectivity index (χ0v) is 13.8. The minimum absolute atomic E-state index is 0.102. The van der Waals surface area contributed by atoms with Gasteiger partial charge in [-0.05, 0) is 25.2 Å². The molecule has 0 aromatic carbocycles. The molecule has 1 saturated heterocycles. The van der Waals surface area contributed by atoms with Gasteiger partial charge in [-0.2, -0.15) is 0 Å². The van der Waals surface area contributed by atoms with Crippen LogP contribution < -0.4 is 0 Å². The van der Waals surface area contributed by atoms with E-state index in [1.165, 1.54) is 0 Å². The van der Waals surface area contributed by atoms with Crippen molar-refractivity contribution in [3.63, 3.8) is 0 Å². The largest absolute Gasteiger partial charge is 0.409 e. The second-order valence-corrected chi connectivity index (χ2v) is 8.28. The molecule has 2 aliphatic heterocycles. The van der Waals surface area contributed by atoms with Gasteiger partial charge in [-0.15, -0.1) is 11.6 Å². The Balaban J connectivity index is 2.48. The molecule has 0 aromatic rings. The lowest BCUT2D eigenvalue weighted by Gasteiger charge is -2.30. The summed E-state index contributed by atoms with van der Waals surface area (Å²) in [5.41, 5.74) is 0.955. The molecule has 0 saturated carbocycles. The molecule has 0 aromatic heterocycles. The Labute approximate surface area is 123 Å². The number of allylic oxidation sites excluding steroid dienone is 1. The molecular formula is C17H29NO2. The van der Waals surface area contributed by atoms with Crippen molar-refractivity contribution in [3.8, 4) is 0 Å². The number of aliphatic hydroxyl groups is 1. The smallest absolute Gasteiger partial charge is 0.133 e. The summed E-state index contributed by atoms with van der Waals surface area (Å²) < 4.78 is 0. The van der Waals surface area contributed by atoms with Crippen molar-refractivity contribution >= 4 is 0 Å². The molecule has 0 aliphatic carbocycles. The van der Waals surface area contributed by atoms with Crippen LogP contribution in [0.4, 0.5) is 0 Å². The summed E-state index contributed by atoms with van der Waals surface area (Å²) in [7, 11) is 0. The molecule has 2 aliphatic rings. The Hall–Kier alpha value is -0.800. The zero-order valence-electron chi connectivity index (χ0n) is 13.8. The third kappa shape index (κ3) is 2.42. The summed E-state index contributed by atoms with van der Waals surface area (Å²) >= 11 is 0. The molecule has 3 nitrogen and oxygen atoms in total. The fourth-order valence-electron chi connectivity index (χ4n) is 3.73. The molecule has 0 spiro atoms. The Bertz CT molecular complexity index is 444. The van der Waals surface area contributed by atoms with Gasteiger partial charge >= 0.3 is 0 Å². The Morgan fingerprint density at radius 3 is 2.50 bits per heavy atom. The maximum absolute atomic E-state index is 10.6. The molecule has 3 heteroatoms. The van der Waals surface area contributed by atoms with Crippen molar-refractivity contribution in [2.75, 3.05) is 6.54 Å². The van der Waals surface area contributed by atoms with Crippen molar-refractivity contribution in [2.45, 2.75) is 66.0 Å². The first-order valence-corrected chi connectivity index (χ1v) is 7.51. The Morgan fingerprint density at radius 2 is 2.00 bits per heavy atom. The molecule has 0 radical (unpaired) electrons. The first kappa shape index (κ1) is 15.6. The van der Waals surface area contributed by atoms with Gasteiger partial charge in [0, 0.05) is 17.5 Å². The van der Waals surface area contributed by atoms with Gasteiger partial charge in [0.1, 0.15) is 5.76 Å². The lowest BCUT2D eigenvalue weighted by molar-refractivity contribution is -0.142. The molecule has 0 bridgehead atoms. The number of rotatable bonds is 3. The molecule has 1 N–H and O–H groups in total. The van der Waals surface area contributed by atoms with E-state index >= 15 is 0 Å². The highest BCUT2D eigenvalue weighted by Gasteiger charge is 2.57. The third-order valence-corrected chi connectivity index (χ3v) is 4.38.